The number of hydrogen-bond donors (Lipinski definition) is 1. The second-order valence-electron chi connectivity index (χ2n) is 5.89. The van der Waals surface area contributed by atoms with Gasteiger partial charge in [0.1, 0.15) is 11.5 Å². The fourth-order valence-corrected chi connectivity index (χ4v) is 2.96. The van der Waals surface area contributed by atoms with Crippen molar-refractivity contribution < 1.29 is 14.6 Å². The van der Waals surface area contributed by atoms with Gasteiger partial charge in [-0.15, -0.1) is 0 Å². The molecule has 130 valence electrons. The number of carbonyl (C=O) groups is 1. The van der Waals surface area contributed by atoms with Gasteiger partial charge < -0.3 is 9.84 Å². The number of benzene rings is 2. The summed E-state index contributed by atoms with van der Waals surface area (Å²) in [7, 11) is 0. The molecule has 4 nitrogen and oxygen atoms in total. The number of phenols is 1. The molecule has 0 amide bonds. The van der Waals surface area contributed by atoms with Gasteiger partial charge in [0.2, 0.25) is 5.78 Å². The summed E-state index contributed by atoms with van der Waals surface area (Å²) in [6.45, 7) is 6.34. The summed E-state index contributed by atoms with van der Waals surface area (Å²) in [5, 5.41) is 10.9. The molecule has 25 heavy (non-hydrogen) atoms. The van der Waals surface area contributed by atoms with E-state index < -0.39 is 0 Å². The van der Waals surface area contributed by atoms with Crippen LogP contribution in [0.2, 0.25) is 5.02 Å². The predicted molar refractivity (Wildman–Crippen MR) is 99.1 cm³/mol. The van der Waals surface area contributed by atoms with Crippen LogP contribution >= 0.6 is 11.6 Å². The van der Waals surface area contributed by atoms with Crippen LogP contribution in [0.3, 0.4) is 0 Å². The Bertz CT molecular complexity index is 824. The Hall–Kier alpha value is -2.30. The van der Waals surface area contributed by atoms with E-state index in [0.29, 0.717) is 28.4 Å². The number of ether oxygens (including phenoxy) is 1. The molecule has 0 fully saturated rings. The van der Waals surface area contributed by atoms with Crippen LogP contribution in [0.25, 0.3) is 6.08 Å². The number of allylic oxidation sites excluding steroid dienone is 1. The molecule has 3 rings (SSSR count). The lowest BCUT2D eigenvalue weighted by molar-refractivity contribution is 0.101. The molecule has 0 aromatic heterocycles. The maximum absolute atomic E-state index is 12.6. The molecule has 0 saturated carbocycles. The molecular weight excluding hydrogens is 338 g/mol. The van der Waals surface area contributed by atoms with E-state index in [1.54, 1.807) is 30.3 Å². The number of halogens is 1. The van der Waals surface area contributed by atoms with Crippen molar-refractivity contribution in [1.29, 1.82) is 0 Å². The number of aromatic hydroxyl groups is 1. The first-order valence-electron chi connectivity index (χ1n) is 8.30. The molecule has 0 saturated heterocycles. The van der Waals surface area contributed by atoms with Crippen molar-refractivity contribution >= 4 is 23.5 Å². The molecule has 0 bridgehead atoms. The Kier molecular flexibility index (Phi) is 5.11. The highest BCUT2D eigenvalue weighted by Crippen LogP contribution is 2.40. The summed E-state index contributed by atoms with van der Waals surface area (Å²) in [6, 6.07) is 10.3. The van der Waals surface area contributed by atoms with E-state index in [1.165, 1.54) is 0 Å². The van der Waals surface area contributed by atoms with E-state index in [4.69, 9.17) is 16.3 Å². The maximum atomic E-state index is 12.6. The Morgan fingerprint density at radius 3 is 2.44 bits per heavy atom. The predicted octanol–water partition coefficient (Wildman–Crippen LogP) is 4.50. The zero-order valence-electron chi connectivity index (χ0n) is 14.3. The second-order valence-corrected chi connectivity index (χ2v) is 6.33. The van der Waals surface area contributed by atoms with E-state index in [9.17, 15) is 9.90 Å². The van der Waals surface area contributed by atoms with Gasteiger partial charge in [-0.05, 0) is 49.0 Å². The number of hydrogen-bond acceptors (Lipinski definition) is 4. The Balaban J connectivity index is 1.96. The summed E-state index contributed by atoms with van der Waals surface area (Å²) in [5.74, 6) is 0.678. The van der Waals surface area contributed by atoms with Crippen LogP contribution in [-0.4, -0.2) is 28.9 Å². The van der Waals surface area contributed by atoms with Crippen molar-refractivity contribution in [1.82, 2.24) is 4.90 Å². The van der Waals surface area contributed by atoms with Crippen LogP contribution in [0.15, 0.2) is 42.2 Å². The molecule has 0 radical (unpaired) electrons. The summed E-state index contributed by atoms with van der Waals surface area (Å²) >= 11 is 5.89. The maximum Gasteiger partial charge on any atom is 0.231 e. The van der Waals surface area contributed by atoms with Crippen LogP contribution in [0.1, 0.15) is 35.3 Å². The highest BCUT2D eigenvalue weighted by Gasteiger charge is 2.31. The number of carbonyl (C=O) groups excluding carboxylic acids is 1. The van der Waals surface area contributed by atoms with Crippen LogP contribution in [-0.2, 0) is 6.54 Å². The molecule has 0 unspecified atom stereocenters. The fourth-order valence-electron chi connectivity index (χ4n) is 2.83. The highest BCUT2D eigenvalue weighted by molar-refractivity contribution is 6.30. The second kappa shape index (κ2) is 7.30. The van der Waals surface area contributed by atoms with Crippen molar-refractivity contribution in [2.45, 2.75) is 20.4 Å². The number of nitrogens with zero attached hydrogens (tertiary/aromatic N) is 1. The van der Waals surface area contributed by atoms with Crippen molar-refractivity contribution in [2.24, 2.45) is 0 Å². The summed E-state index contributed by atoms with van der Waals surface area (Å²) in [6.07, 6.45) is 1.69. The first kappa shape index (κ1) is 17.5. The molecule has 5 heteroatoms. The topological polar surface area (TPSA) is 49.8 Å². The van der Waals surface area contributed by atoms with E-state index in [-0.39, 0.29) is 17.3 Å². The van der Waals surface area contributed by atoms with Crippen molar-refractivity contribution in [3.05, 3.63) is 63.9 Å². The minimum Gasteiger partial charge on any atom is -0.507 e. The minimum absolute atomic E-state index is 0.145. The molecule has 1 aliphatic rings. The number of rotatable bonds is 5. The van der Waals surface area contributed by atoms with Gasteiger partial charge in [-0.25, -0.2) is 0 Å². The Morgan fingerprint density at radius 2 is 1.80 bits per heavy atom. The van der Waals surface area contributed by atoms with Gasteiger partial charge in [0, 0.05) is 11.6 Å². The molecule has 0 atom stereocenters. The van der Waals surface area contributed by atoms with E-state index in [0.717, 1.165) is 18.7 Å². The molecule has 0 aliphatic carbocycles. The van der Waals surface area contributed by atoms with E-state index in [1.807, 2.05) is 12.1 Å². The molecule has 2 aromatic carbocycles. The van der Waals surface area contributed by atoms with Crippen molar-refractivity contribution in [2.75, 3.05) is 13.1 Å². The SMILES string of the molecule is CCN(CC)Cc1c(O)ccc2c1OC(=Cc1ccc(Cl)cc1)C2=O. The van der Waals surface area contributed by atoms with E-state index >= 15 is 0 Å². The third-order valence-electron chi connectivity index (χ3n) is 4.36. The first-order valence-corrected chi connectivity index (χ1v) is 8.68. The molecule has 1 aliphatic heterocycles. The lowest BCUT2D eigenvalue weighted by Crippen LogP contribution is -2.22. The van der Waals surface area contributed by atoms with Crippen LogP contribution in [0, 0.1) is 0 Å². The van der Waals surface area contributed by atoms with Crippen molar-refractivity contribution in [3.8, 4) is 11.5 Å². The Labute approximate surface area is 152 Å². The lowest BCUT2D eigenvalue weighted by Gasteiger charge is -2.20. The molecule has 0 spiro atoms. The molecular formula is C20H20ClNO3. The summed E-state index contributed by atoms with van der Waals surface area (Å²) < 4.78 is 5.85. The van der Waals surface area contributed by atoms with Gasteiger partial charge >= 0.3 is 0 Å². The minimum atomic E-state index is -0.175. The third-order valence-corrected chi connectivity index (χ3v) is 4.61. The van der Waals surface area contributed by atoms with Gasteiger partial charge in [0.05, 0.1) is 11.1 Å². The number of fused-ring (bicyclic) bond motifs is 1. The quantitative estimate of drug-likeness (QED) is 0.800. The monoisotopic (exact) mass is 357 g/mol. The van der Waals surface area contributed by atoms with Crippen LogP contribution in [0.4, 0.5) is 0 Å². The fraction of sp³-hybridized carbons (Fsp3) is 0.250. The molecule has 2 aromatic rings. The first-order chi connectivity index (χ1) is 12.0. The van der Waals surface area contributed by atoms with Crippen LogP contribution < -0.4 is 4.74 Å². The normalized spacial score (nSPS) is 14.9. The lowest BCUT2D eigenvalue weighted by atomic mass is 10.0. The van der Waals surface area contributed by atoms with Gasteiger partial charge in [-0.2, -0.15) is 0 Å². The highest BCUT2D eigenvalue weighted by atomic mass is 35.5. The van der Waals surface area contributed by atoms with Crippen LogP contribution in [0.5, 0.6) is 11.5 Å². The van der Waals surface area contributed by atoms with Gasteiger partial charge in [0.15, 0.2) is 5.76 Å². The standard InChI is InChI=1S/C20H20ClNO3/c1-3-22(4-2)12-16-17(23)10-9-15-19(24)18(25-20(15)16)11-13-5-7-14(21)8-6-13/h5-11,23H,3-4,12H2,1-2H3. The smallest absolute Gasteiger partial charge is 0.231 e. The summed E-state index contributed by atoms with van der Waals surface area (Å²) in [4.78, 5) is 14.8. The number of ketones is 1. The van der Waals surface area contributed by atoms with Gasteiger partial charge in [0.25, 0.3) is 0 Å². The van der Waals surface area contributed by atoms with Gasteiger partial charge in [-0.3, -0.25) is 9.69 Å². The third kappa shape index (κ3) is 3.55. The largest absolute Gasteiger partial charge is 0.507 e. The van der Waals surface area contributed by atoms with Gasteiger partial charge in [-0.1, -0.05) is 37.6 Å². The van der Waals surface area contributed by atoms with Crippen molar-refractivity contribution in [3.63, 3.8) is 0 Å². The average molecular weight is 358 g/mol. The zero-order valence-corrected chi connectivity index (χ0v) is 15.0. The number of phenolic OH excluding ortho intramolecular Hbond substituents is 1. The van der Waals surface area contributed by atoms with E-state index in [2.05, 4.69) is 18.7 Å². The molecule has 1 N–H and O–H groups in total. The number of Topliss-reactive ketones (excluding diaryl/α,β-unsaturated/α-hetero) is 1. The molecule has 1 heterocycles. The summed E-state index contributed by atoms with van der Waals surface area (Å²) in [5.41, 5.74) is 1.96. The zero-order chi connectivity index (χ0) is 18.0. The average Bonchev–Trinajstić information content (AvgIpc) is 2.92. The Morgan fingerprint density at radius 1 is 1.12 bits per heavy atom.